The van der Waals surface area contributed by atoms with Crippen LogP contribution in [-0.4, -0.2) is 55.2 Å². The Bertz CT molecular complexity index is 154. The predicted molar refractivity (Wildman–Crippen MR) is 53.5 cm³/mol. The maximum atomic E-state index is 11.1. The third kappa shape index (κ3) is 5.15. The van der Waals surface area contributed by atoms with Crippen LogP contribution in [0.25, 0.3) is 0 Å². The summed E-state index contributed by atoms with van der Waals surface area (Å²) < 4.78 is 19.7. The average Bonchev–Trinajstić information content (AvgIpc) is 2.15. The van der Waals surface area contributed by atoms with Crippen LogP contribution in [-0.2, 0) is 22.5 Å². The molecule has 0 aliphatic carbocycles. The smallest absolute Gasteiger partial charge is 0.452 e. The first-order valence-corrected chi connectivity index (χ1v) is 5.64. The molecular formula is C7H16LiO5Si. The third-order valence-corrected chi connectivity index (χ3v) is 3.42. The van der Waals surface area contributed by atoms with Crippen LogP contribution in [0.4, 0.5) is 0 Å². The molecule has 1 radical (unpaired) electrons. The molecule has 0 unspecified atom stereocenters. The Morgan fingerprint density at radius 2 is 1.57 bits per heavy atom. The molecule has 7 heteroatoms. The van der Waals surface area contributed by atoms with Gasteiger partial charge in [0.2, 0.25) is 0 Å². The zero-order chi connectivity index (χ0) is 10.3. The summed E-state index contributed by atoms with van der Waals surface area (Å²) in [5, 5.41) is 0. The largest absolute Gasteiger partial charge is 0.750 e. The van der Waals surface area contributed by atoms with Gasteiger partial charge < -0.3 is 17.7 Å². The Hall–Kier alpha value is 0.164. The van der Waals surface area contributed by atoms with Gasteiger partial charge in [0.1, 0.15) is 0 Å². The number of rotatable bonds is 6. The molecule has 0 spiro atoms. The zero-order valence-corrected chi connectivity index (χ0v) is 10.5. The monoisotopic (exact) mass is 215 g/mol. The van der Waals surface area contributed by atoms with Crippen molar-refractivity contribution in [1.82, 2.24) is 0 Å². The van der Waals surface area contributed by atoms with E-state index in [0.717, 1.165) is 6.42 Å². The molecule has 0 rings (SSSR count). The van der Waals surface area contributed by atoms with Gasteiger partial charge in [-0.3, -0.25) is 4.79 Å². The fraction of sp³-hybridized carbons (Fsp3) is 0.857. The summed E-state index contributed by atoms with van der Waals surface area (Å²) in [6.07, 6.45) is 1.06. The molecule has 0 saturated carbocycles. The first kappa shape index (κ1) is 16.6. The fourth-order valence-electron chi connectivity index (χ4n) is 0.770. The van der Waals surface area contributed by atoms with Gasteiger partial charge in [-0.15, -0.1) is 0 Å². The van der Waals surface area contributed by atoms with E-state index in [-0.39, 0.29) is 24.8 Å². The first-order valence-electron chi connectivity index (χ1n) is 4.01. The molecule has 0 heterocycles. The molecule has 14 heavy (non-hydrogen) atoms. The van der Waals surface area contributed by atoms with Crippen LogP contribution >= 0.6 is 0 Å². The van der Waals surface area contributed by atoms with Crippen molar-refractivity contribution in [2.75, 3.05) is 21.3 Å². The summed E-state index contributed by atoms with van der Waals surface area (Å²) >= 11 is 0. The van der Waals surface area contributed by atoms with Crippen LogP contribution in [0, 0.1) is 0 Å². The van der Waals surface area contributed by atoms with Crippen LogP contribution in [0.15, 0.2) is 0 Å². The third-order valence-electron chi connectivity index (χ3n) is 1.44. The molecule has 0 aromatic heterocycles. The van der Waals surface area contributed by atoms with Gasteiger partial charge in [-0.05, 0) is 6.42 Å². The minimum absolute atomic E-state index is 0. The average molecular weight is 215 g/mol. The summed E-state index contributed by atoms with van der Waals surface area (Å²) in [5.41, 5.74) is 0. The Kier molecular flexibility index (Phi) is 10.0. The summed E-state index contributed by atoms with van der Waals surface area (Å²) in [5.74, 6) is -0.361. The Morgan fingerprint density at radius 1 is 1.14 bits per heavy atom. The van der Waals surface area contributed by atoms with Crippen molar-refractivity contribution in [2.45, 2.75) is 19.8 Å². The standard InChI is InChI=1S/C7H16O5Si.Li/c1-5-6-7(8)12-13(9-2,10-3)11-4;/h5-6H2,1-4H3;. The predicted octanol–water partition coefficient (Wildman–Crippen LogP) is 0.324. The second kappa shape index (κ2) is 8.47. The second-order valence-corrected chi connectivity index (χ2v) is 4.77. The van der Waals surface area contributed by atoms with Gasteiger partial charge in [-0.2, -0.15) is 0 Å². The van der Waals surface area contributed by atoms with Crippen molar-refractivity contribution >= 4 is 33.9 Å². The van der Waals surface area contributed by atoms with Crippen molar-refractivity contribution in [2.24, 2.45) is 0 Å². The van der Waals surface area contributed by atoms with Gasteiger partial charge >= 0.3 is 9.05 Å². The zero-order valence-electron chi connectivity index (χ0n) is 9.46. The summed E-state index contributed by atoms with van der Waals surface area (Å²) in [6, 6.07) is 0. The topological polar surface area (TPSA) is 54.0 Å². The van der Waals surface area contributed by atoms with Crippen LogP contribution in [0.5, 0.6) is 0 Å². The van der Waals surface area contributed by atoms with Gasteiger partial charge in [-0.25, -0.2) is 0 Å². The minimum atomic E-state index is -3.17. The van der Waals surface area contributed by atoms with Gasteiger partial charge in [0.05, 0.1) is 0 Å². The van der Waals surface area contributed by atoms with Crippen LogP contribution in [0.3, 0.4) is 0 Å². The Morgan fingerprint density at radius 3 is 1.86 bits per heavy atom. The normalized spacial score (nSPS) is 10.6. The Labute approximate surface area is 97.7 Å². The van der Waals surface area contributed by atoms with Gasteiger partial charge in [0.15, 0.2) is 0 Å². The minimum Gasteiger partial charge on any atom is -0.452 e. The van der Waals surface area contributed by atoms with E-state index >= 15 is 0 Å². The molecule has 0 aliphatic heterocycles. The SMILES string of the molecule is CCCC(=O)O[Si](OC)(OC)OC.[Li]. The number of hydrogen-bond donors (Lipinski definition) is 0. The number of carbonyl (C=O) groups is 1. The van der Waals surface area contributed by atoms with Gasteiger partial charge in [0, 0.05) is 46.6 Å². The molecule has 0 atom stereocenters. The molecule has 0 saturated heterocycles. The van der Waals surface area contributed by atoms with Gasteiger partial charge in [-0.1, -0.05) is 6.92 Å². The van der Waals surface area contributed by atoms with Crippen molar-refractivity contribution in [3.63, 3.8) is 0 Å². The van der Waals surface area contributed by atoms with Crippen LogP contribution < -0.4 is 0 Å². The Balaban J connectivity index is 0. The second-order valence-electron chi connectivity index (χ2n) is 2.34. The van der Waals surface area contributed by atoms with Crippen molar-refractivity contribution in [3.05, 3.63) is 0 Å². The van der Waals surface area contributed by atoms with Gasteiger partial charge in [0.25, 0.3) is 5.97 Å². The summed E-state index contributed by atoms with van der Waals surface area (Å²) in [4.78, 5) is 11.1. The van der Waals surface area contributed by atoms with E-state index in [2.05, 4.69) is 0 Å². The number of carbonyl (C=O) groups excluding carboxylic acids is 1. The maximum Gasteiger partial charge on any atom is 0.750 e. The quantitative estimate of drug-likeness (QED) is 0.597. The molecule has 0 bridgehead atoms. The van der Waals surface area contributed by atoms with E-state index in [0.29, 0.717) is 6.42 Å². The molecule has 0 fully saturated rings. The fourth-order valence-corrected chi connectivity index (χ4v) is 1.90. The molecular weight excluding hydrogens is 199 g/mol. The molecule has 79 valence electrons. The van der Waals surface area contributed by atoms with Crippen LogP contribution in [0.2, 0.25) is 0 Å². The van der Waals surface area contributed by atoms with E-state index in [1.165, 1.54) is 21.3 Å². The summed E-state index contributed by atoms with van der Waals surface area (Å²) in [6.45, 7) is 1.89. The van der Waals surface area contributed by atoms with Crippen molar-refractivity contribution in [3.8, 4) is 0 Å². The van der Waals surface area contributed by atoms with Crippen molar-refractivity contribution in [1.29, 1.82) is 0 Å². The molecule has 0 aromatic carbocycles. The summed E-state index contributed by atoms with van der Waals surface area (Å²) in [7, 11) is 0.995. The van der Waals surface area contributed by atoms with E-state index < -0.39 is 9.05 Å². The van der Waals surface area contributed by atoms with E-state index in [9.17, 15) is 4.79 Å². The van der Waals surface area contributed by atoms with E-state index in [4.69, 9.17) is 17.7 Å². The molecule has 5 nitrogen and oxygen atoms in total. The van der Waals surface area contributed by atoms with Crippen LogP contribution in [0.1, 0.15) is 19.8 Å². The number of hydrogen-bond acceptors (Lipinski definition) is 5. The van der Waals surface area contributed by atoms with E-state index in [1.807, 2.05) is 6.92 Å². The van der Waals surface area contributed by atoms with Crippen molar-refractivity contribution < 1.29 is 22.5 Å². The molecule has 0 aromatic rings. The first-order chi connectivity index (χ1) is 6.14. The molecule has 0 amide bonds. The van der Waals surface area contributed by atoms with E-state index in [1.54, 1.807) is 0 Å². The molecule has 0 N–H and O–H groups in total. The molecule has 0 aliphatic rings. The maximum absolute atomic E-state index is 11.1.